The lowest BCUT2D eigenvalue weighted by molar-refractivity contribution is 0.282. The van der Waals surface area contributed by atoms with Gasteiger partial charge in [0.25, 0.3) is 0 Å². The van der Waals surface area contributed by atoms with E-state index < -0.39 is 0 Å². The van der Waals surface area contributed by atoms with Gasteiger partial charge in [0.15, 0.2) is 0 Å². The van der Waals surface area contributed by atoms with Crippen molar-refractivity contribution in [1.82, 2.24) is 4.98 Å². The highest BCUT2D eigenvalue weighted by molar-refractivity contribution is 7.98. The van der Waals surface area contributed by atoms with Gasteiger partial charge in [-0.25, -0.2) is 4.98 Å². The molecule has 0 bridgehead atoms. The zero-order chi connectivity index (χ0) is 12.8. The molecule has 0 radical (unpaired) electrons. The maximum Gasteiger partial charge on any atom is 0.144 e. The van der Waals surface area contributed by atoms with Crippen molar-refractivity contribution in [2.24, 2.45) is 0 Å². The zero-order valence-electron chi connectivity index (χ0n) is 9.71. The Labute approximate surface area is 110 Å². The van der Waals surface area contributed by atoms with Crippen LogP contribution in [0.15, 0.2) is 47.5 Å². The smallest absolute Gasteiger partial charge is 0.144 e. The van der Waals surface area contributed by atoms with Gasteiger partial charge in [0.1, 0.15) is 11.8 Å². The van der Waals surface area contributed by atoms with E-state index in [9.17, 15) is 0 Å². The molecule has 18 heavy (non-hydrogen) atoms. The van der Waals surface area contributed by atoms with Crippen molar-refractivity contribution in [3.8, 4) is 6.07 Å². The summed E-state index contributed by atoms with van der Waals surface area (Å²) in [6.07, 6.45) is 1.63. The predicted molar refractivity (Wildman–Crippen MR) is 70.9 cm³/mol. The predicted octanol–water partition coefficient (Wildman–Crippen LogP) is 2.74. The summed E-state index contributed by atoms with van der Waals surface area (Å²) in [7, 11) is 0. The molecule has 0 aliphatic rings. The van der Waals surface area contributed by atoms with Gasteiger partial charge in [0, 0.05) is 16.8 Å². The zero-order valence-corrected chi connectivity index (χ0v) is 10.5. The molecule has 1 aromatic heterocycles. The fourth-order valence-corrected chi connectivity index (χ4v) is 2.39. The molecular formula is C14H12N2OS. The summed E-state index contributed by atoms with van der Waals surface area (Å²) in [6, 6.07) is 13.6. The second-order valence-electron chi connectivity index (χ2n) is 3.71. The molecule has 0 atom stereocenters. The highest BCUT2D eigenvalue weighted by atomic mass is 32.2. The molecule has 3 nitrogen and oxygen atoms in total. The fraction of sp³-hybridized carbons (Fsp3) is 0.143. The Balaban J connectivity index is 2.05. The summed E-state index contributed by atoms with van der Waals surface area (Å²) in [6.45, 7) is 0.0616. The van der Waals surface area contributed by atoms with Gasteiger partial charge in [-0.05, 0) is 29.3 Å². The summed E-state index contributed by atoms with van der Waals surface area (Å²) >= 11 is 1.65. The largest absolute Gasteiger partial charge is 0.392 e. The van der Waals surface area contributed by atoms with E-state index in [1.54, 1.807) is 18.0 Å². The Kier molecular flexibility index (Phi) is 4.35. The van der Waals surface area contributed by atoms with Crippen molar-refractivity contribution in [2.75, 3.05) is 0 Å². The minimum atomic E-state index is 0.0616. The topological polar surface area (TPSA) is 56.9 Å². The van der Waals surface area contributed by atoms with Crippen LogP contribution < -0.4 is 0 Å². The molecule has 2 rings (SSSR count). The number of aliphatic hydroxyl groups is 1. The normalized spacial score (nSPS) is 10.0. The molecule has 0 amide bonds. The third kappa shape index (κ3) is 3.10. The molecule has 0 saturated carbocycles. The second kappa shape index (κ2) is 6.20. The van der Waals surface area contributed by atoms with Gasteiger partial charge in [-0.15, -0.1) is 11.8 Å². The Hall–Kier alpha value is -1.83. The Bertz CT molecular complexity index is 561. The van der Waals surface area contributed by atoms with E-state index in [0.29, 0.717) is 5.69 Å². The monoisotopic (exact) mass is 256 g/mol. The fourth-order valence-electron chi connectivity index (χ4n) is 1.51. The first kappa shape index (κ1) is 12.6. The lowest BCUT2D eigenvalue weighted by Gasteiger charge is -2.04. The highest BCUT2D eigenvalue weighted by Gasteiger charge is 2.03. The Morgan fingerprint density at radius 2 is 2.00 bits per heavy atom. The first-order valence-electron chi connectivity index (χ1n) is 5.50. The number of aromatic nitrogens is 1. The van der Waals surface area contributed by atoms with E-state index in [1.807, 2.05) is 36.4 Å². The molecule has 0 saturated heterocycles. The molecule has 0 aliphatic carbocycles. The van der Waals surface area contributed by atoms with Crippen molar-refractivity contribution >= 4 is 11.8 Å². The van der Waals surface area contributed by atoms with Gasteiger partial charge in [-0.2, -0.15) is 5.26 Å². The summed E-state index contributed by atoms with van der Waals surface area (Å²) in [5.74, 6) is 0.717. The minimum absolute atomic E-state index is 0.0616. The van der Waals surface area contributed by atoms with Crippen molar-refractivity contribution in [1.29, 1.82) is 5.26 Å². The number of rotatable bonds is 4. The summed E-state index contributed by atoms with van der Waals surface area (Å²) in [5, 5.41) is 17.9. The third-order valence-corrected chi connectivity index (χ3v) is 3.56. The van der Waals surface area contributed by atoms with Gasteiger partial charge < -0.3 is 5.11 Å². The maximum atomic E-state index is 8.95. The van der Waals surface area contributed by atoms with Crippen LogP contribution in [0.4, 0.5) is 0 Å². The quantitative estimate of drug-likeness (QED) is 0.855. The number of thioether (sulfide) groups is 1. The Morgan fingerprint density at radius 3 is 2.67 bits per heavy atom. The lowest BCUT2D eigenvalue weighted by atomic mass is 10.2. The molecule has 0 aliphatic heterocycles. The van der Waals surface area contributed by atoms with E-state index in [4.69, 9.17) is 10.4 Å². The standard InChI is InChI=1S/C14H12N2OS/c15-8-14-12(2-1-7-16-14)10-18-13-5-3-11(9-17)4-6-13/h1-7,17H,9-10H2. The van der Waals surface area contributed by atoms with Crippen LogP contribution in [0.3, 0.4) is 0 Å². The van der Waals surface area contributed by atoms with Crippen LogP contribution in [0.1, 0.15) is 16.8 Å². The number of pyridine rings is 1. The van der Waals surface area contributed by atoms with Crippen LogP contribution in [0.25, 0.3) is 0 Å². The van der Waals surface area contributed by atoms with E-state index in [0.717, 1.165) is 21.8 Å². The van der Waals surface area contributed by atoms with Crippen LogP contribution in [0.2, 0.25) is 0 Å². The number of nitrogens with zero attached hydrogens (tertiary/aromatic N) is 2. The molecular weight excluding hydrogens is 244 g/mol. The molecule has 2 aromatic rings. The van der Waals surface area contributed by atoms with E-state index >= 15 is 0 Å². The first-order chi connectivity index (χ1) is 8.83. The number of hydrogen-bond acceptors (Lipinski definition) is 4. The van der Waals surface area contributed by atoms with Crippen LogP contribution in [0, 0.1) is 11.3 Å². The number of benzene rings is 1. The highest BCUT2D eigenvalue weighted by Crippen LogP contribution is 2.23. The minimum Gasteiger partial charge on any atom is -0.392 e. The molecule has 1 N–H and O–H groups in total. The van der Waals surface area contributed by atoms with E-state index in [-0.39, 0.29) is 6.61 Å². The van der Waals surface area contributed by atoms with Crippen molar-refractivity contribution in [3.05, 3.63) is 59.4 Å². The van der Waals surface area contributed by atoms with Gasteiger partial charge in [-0.3, -0.25) is 0 Å². The van der Waals surface area contributed by atoms with Crippen LogP contribution in [-0.4, -0.2) is 10.1 Å². The van der Waals surface area contributed by atoms with Crippen molar-refractivity contribution in [3.63, 3.8) is 0 Å². The first-order valence-corrected chi connectivity index (χ1v) is 6.48. The Morgan fingerprint density at radius 1 is 1.22 bits per heavy atom. The van der Waals surface area contributed by atoms with E-state index in [1.165, 1.54) is 0 Å². The summed E-state index contributed by atoms with van der Waals surface area (Å²) < 4.78 is 0. The molecule has 1 aromatic carbocycles. The molecule has 4 heteroatoms. The van der Waals surface area contributed by atoms with Crippen LogP contribution in [0.5, 0.6) is 0 Å². The van der Waals surface area contributed by atoms with Crippen molar-refractivity contribution in [2.45, 2.75) is 17.3 Å². The van der Waals surface area contributed by atoms with E-state index in [2.05, 4.69) is 11.1 Å². The van der Waals surface area contributed by atoms with Gasteiger partial charge in [0.05, 0.1) is 6.61 Å². The summed E-state index contributed by atoms with van der Waals surface area (Å²) in [4.78, 5) is 5.14. The average Bonchev–Trinajstić information content (AvgIpc) is 2.46. The lowest BCUT2D eigenvalue weighted by Crippen LogP contribution is -1.90. The van der Waals surface area contributed by atoms with Gasteiger partial charge in [0.2, 0.25) is 0 Å². The SMILES string of the molecule is N#Cc1ncccc1CSc1ccc(CO)cc1. The van der Waals surface area contributed by atoms with Gasteiger partial charge in [-0.1, -0.05) is 18.2 Å². The average molecular weight is 256 g/mol. The molecule has 90 valence electrons. The van der Waals surface area contributed by atoms with Crippen molar-refractivity contribution < 1.29 is 5.11 Å². The van der Waals surface area contributed by atoms with Crippen LogP contribution in [-0.2, 0) is 12.4 Å². The number of aliphatic hydroxyl groups excluding tert-OH is 1. The van der Waals surface area contributed by atoms with Crippen LogP contribution >= 0.6 is 11.8 Å². The molecule has 0 fully saturated rings. The maximum absolute atomic E-state index is 8.95. The molecule has 1 heterocycles. The molecule has 0 spiro atoms. The summed E-state index contributed by atoms with van der Waals surface area (Å²) in [5.41, 5.74) is 2.33. The van der Waals surface area contributed by atoms with Gasteiger partial charge >= 0.3 is 0 Å². The second-order valence-corrected chi connectivity index (χ2v) is 4.76. The number of hydrogen-bond donors (Lipinski definition) is 1. The third-order valence-electron chi connectivity index (χ3n) is 2.50. The number of nitriles is 1. The molecule has 0 unspecified atom stereocenters.